The van der Waals surface area contributed by atoms with Crippen LogP contribution in [0.25, 0.3) is 0 Å². The quantitative estimate of drug-likeness (QED) is 0.0333. The topological polar surface area (TPSA) is 366 Å². The van der Waals surface area contributed by atoms with Gasteiger partial charge in [0.15, 0.2) is 11.7 Å². The predicted octanol–water partition coefficient (Wildman–Crippen LogP) is 3.11. The third kappa shape index (κ3) is 25.3. The van der Waals surface area contributed by atoms with Crippen molar-refractivity contribution < 1.29 is 84.8 Å². The van der Waals surface area contributed by atoms with E-state index in [4.69, 9.17) is 25.7 Å². The Bertz CT molecular complexity index is 1910. The van der Waals surface area contributed by atoms with Gasteiger partial charge < -0.3 is 81.8 Å². The lowest BCUT2D eigenvalue weighted by molar-refractivity contribution is -0.333. The summed E-state index contributed by atoms with van der Waals surface area (Å²) in [7, 11) is 0. The van der Waals surface area contributed by atoms with Crippen LogP contribution < -0.4 is 11.5 Å². The van der Waals surface area contributed by atoms with Gasteiger partial charge in [-0.05, 0) is 82.6 Å². The van der Waals surface area contributed by atoms with E-state index < -0.39 is 128 Å². The van der Waals surface area contributed by atoms with Crippen molar-refractivity contribution in [2.45, 2.75) is 224 Å². The Hall–Kier alpha value is -4.06. The van der Waals surface area contributed by atoms with E-state index in [1.807, 2.05) is 19.9 Å². The lowest BCUT2D eigenvalue weighted by Gasteiger charge is -2.45. The fourth-order valence-corrected chi connectivity index (χ4v) is 9.34. The number of unbranched alkanes of at least 4 members (excludes halogenated alkanes) is 2. The lowest BCUT2D eigenvalue weighted by Crippen LogP contribution is -2.59. The number of aliphatic carboxylic acids is 1. The number of esters is 2. The molecule has 0 aromatic heterocycles. The Balaban J connectivity index is 2.46. The van der Waals surface area contributed by atoms with Gasteiger partial charge in [0.25, 0.3) is 0 Å². The Morgan fingerprint density at radius 3 is 2.04 bits per heavy atom. The molecule has 430 valence electrons. The third-order valence-electron chi connectivity index (χ3n) is 14.5. The van der Waals surface area contributed by atoms with Crippen molar-refractivity contribution in [3.05, 3.63) is 59.8 Å². The lowest BCUT2D eigenvalue weighted by atomic mass is 9.84. The summed E-state index contributed by atoms with van der Waals surface area (Å²) in [6.45, 7) is 12.8. The van der Waals surface area contributed by atoms with Gasteiger partial charge in [0.1, 0.15) is 24.7 Å². The van der Waals surface area contributed by atoms with E-state index in [-0.39, 0.29) is 69.2 Å². The first-order chi connectivity index (χ1) is 35.1. The minimum atomic E-state index is -2.48. The van der Waals surface area contributed by atoms with Crippen molar-refractivity contribution in [3.8, 4) is 0 Å². The van der Waals surface area contributed by atoms with E-state index in [0.717, 1.165) is 32.1 Å². The molecule has 0 unspecified atom stereocenters. The third-order valence-corrected chi connectivity index (χ3v) is 14.5. The van der Waals surface area contributed by atoms with Crippen LogP contribution >= 0.6 is 0 Å². The van der Waals surface area contributed by atoms with Crippen molar-refractivity contribution in [3.63, 3.8) is 0 Å². The first-order valence-electron chi connectivity index (χ1n) is 26.7. The van der Waals surface area contributed by atoms with Crippen LogP contribution in [0.15, 0.2) is 64.7 Å². The van der Waals surface area contributed by atoms with E-state index >= 15 is 0 Å². The molecule has 20 nitrogen and oxygen atoms in total. The highest BCUT2D eigenvalue weighted by Gasteiger charge is 2.50. The number of allylic oxidation sites excluding steroid dienone is 6. The second-order valence-corrected chi connectivity index (χ2v) is 21.4. The molecule has 15 N–H and O–H groups in total. The number of rotatable bonds is 12. The average Bonchev–Trinajstić information content (AvgIpc) is 3.31. The van der Waals surface area contributed by atoms with Crippen molar-refractivity contribution in [1.82, 2.24) is 0 Å². The van der Waals surface area contributed by atoms with Crippen molar-refractivity contribution in [2.24, 2.45) is 46.0 Å². The molecular formula is C55H93N3O17. The highest BCUT2D eigenvalue weighted by molar-refractivity contribution is 5.90. The van der Waals surface area contributed by atoms with Crippen LogP contribution in [0, 0.1) is 29.6 Å². The van der Waals surface area contributed by atoms with Gasteiger partial charge in [-0.3, -0.25) is 14.6 Å². The highest BCUT2D eigenvalue weighted by atomic mass is 16.7. The summed E-state index contributed by atoms with van der Waals surface area (Å²) in [5.41, 5.74) is 11.6. The van der Waals surface area contributed by atoms with Gasteiger partial charge >= 0.3 is 17.9 Å². The van der Waals surface area contributed by atoms with Crippen LogP contribution in [0.4, 0.5) is 0 Å². The number of hydrogen-bond donors (Lipinski definition) is 13. The molecule has 2 rings (SSSR count). The molecule has 0 saturated carbocycles. The monoisotopic (exact) mass is 1070 g/mol. The van der Waals surface area contributed by atoms with Gasteiger partial charge in [-0.1, -0.05) is 83.2 Å². The molecule has 2 aliphatic rings. The Kier molecular flexibility index (Phi) is 30.4. The second kappa shape index (κ2) is 34.0. The maximum Gasteiger partial charge on any atom is 0.334 e. The summed E-state index contributed by atoms with van der Waals surface area (Å²) in [5, 5.41) is 120. The molecular weight excluding hydrogens is 975 g/mol. The molecule has 2 heterocycles. The van der Waals surface area contributed by atoms with E-state index in [9.17, 15) is 70.6 Å². The summed E-state index contributed by atoms with van der Waals surface area (Å²) < 4.78 is 17.4. The average molecular weight is 1070 g/mol. The summed E-state index contributed by atoms with van der Waals surface area (Å²) in [4.78, 5) is 41.4. The Labute approximate surface area is 443 Å². The van der Waals surface area contributed by atoms with E-state index in [1.165, 1.54) is 0 Å². The molecule has 0 radical (unpaired) electrons. The van der Waals surface area contributed by atoms with Crippen LogP contribution in [0.5, 0.6) is 0 Å². The number of guanidine groups is 1. The molecule has 0 aliphatic carbocycles. The van der Waals surface area contributed by atoms with Crippen LogP contribution in [0.1, 0.15) is 145 Å². The molecule has 75 heavy (non-hydrogen) atoms. The number of nitrogens with two attached hydrogens (primary N) is 2. The maximum absolute atomic E-state index is 13.6. The van der Waals surface area contributed by atoms with Gasteiger partial charge in [0, 0.05) is 68.4 Å². The normalized spacial score (nSPS) is 38.0. The Morgan fingerprint density at radius 2 is 1.40 bits per heavy atom. The zero-order valence-electron chi connectivity index (χ0n) is 45.2. The van der Waals surface area contributed by atoms with E-state index in [2.05, 4.69) is 17.1 Å². The van der Waals surface area contributed by atoms with Gasteiger partial charge in [0.2, 0.25) is 0 Å². The first-order valence-corrected chi connectivity index (χ1v) is 26.7. The van der Waals surface area contributed by atoms with Gasteiger partial charge in [-0.25, -0.2) is 4.79 Å². The van der Waals surface area contributed by atoms with Crippen LogP contribution in [0.2, 0.25) is 0 Å². The number of aliphatic hydroxyl groups is 10. The van der Waals surface area contributed by atoms with E-state index in [1.54, 1.807) is 65.0 Å². The molecule has 2 bridgehead atoms. The van der Waals surface area contributed by atoms with Crippen LogP contribution in [-0.2, 0) is 28.6 Å². The van der Waals surface area contributed by atoms with Gasteiger partial charge in [-0.2, -0.15) is 0 Å². The number of nitrogens with zero attached hydrogens (tertiary/aromatic N) is 1. The smallest absolute Gasteiger partial charge is 0.334 e. The molecule has 0 amide bonds. The number of cyclic esters (lactones) is 1. The molecule has 1 saturated heterocycles. The van der Waals surface area contributed by atoms with Crippen molar-refractivity contribution >= 4 is 23.9 Å². The van der Waals surface area contributed by atoms with Gasteiger partial charge in [-0.15, -0.1) is 0 Å². The minimum Gasteiger partial charge on any atom is -0.481 e. The number of aliphatic imine (C=N–C) groups is 1. The maximum atomic E-state index is 13.6. The minimum absolute atomic E-state index is 0.0596. The summed E-state index contributed by atoms with van der Waals surface area (Å²) in [6.07, 6.45) is 0.787. The number of aliphatic hydroxyl groups excluding tert-OH is 9. The molecule has 0 aromatic rings. The fourth-order valence-electron chi connectivity index (χ4n) is 9.34. The number of ether oxygens (including phenoxy) is 3. The van der Waals surface area contributed by atoms with Gasteiger partial charge in [0.05, 0.1) is 54.9 Å². The largest absolute Gasteiger partial charge is 0.481 e. The number of carboxylic acid groups (broad SMARTS) is 1. The highest BCUT2D eigenvalue weighted by Crippen LogP contribution is 2.36. The molecule has 18 atom stereocenters. The molecule has 2 aliphatic heterocycles. The predicted molar refractivity (Wildman–Crippen MR) is 282 cm³/mol. The number of carboxylic acids is 1. The van der Waals surface area contributed by atoms with Crippen LogP contribution in [0.3, 0.4) is 0 Å². The number of hydrogen-bond acceptors (Lipinski definition) is 17. The number of fused-ring (bicyclic) bond motifs is 2. The standard InChI is InChI=1S/C55H93N3O17/c1-32-17-14-19-36(5)51(35(4)16-12-10-8-9-11-13-23-58-54(56)57)74-53(71)37(6)20-15-18-33(2)45(63)29-46(64)38(7)43(61)22-21-34(3)48(66)31-55(72)52(70)47(65)28-42(75-55)26-39(59)24-41(25-40(60)27-44(32)62)73-50(69)30-49(67)68/h8-9,14-15,17-20,33-36,38-48,51-52,59-66,70,72H,10-13,16,21-31H2,1-7H3,(H,67,68)(H4,56,57,58)/b9-8+,18-15+,19-14+,32-17+,37-20-/t33-,34-,35+,36+,38-,39+,40-,41-,42-,43+,44+,45+,46-,47+,48+,51+,52-,55+/m0/s1. The summed E-state index contributed by atoms with van der Waals surface area (Å²) >= 11 is 0. The van der Waals surface area contributed by atoms with Crippen molar-refractivity contribution in [2.75, 3.05) is 6.54 Å². The fraction of sp³-hybridized carbons (Fsp3) is 0.745. The number of carbonyl (C=O) groups excluding carboxylic acids is 2. The molecule has 0 aromatic carbocycles. The second-order valence-electron chi connectivity index (χ2n) is 21.4. The molecule has 1 fully saturated rings. The Morgan fingerprint density at radius 1 is 0.787 bits per heavy atom. The zero-order valence-corrected chi connectivity index (χ0v) is 45.2. The van der Waals surface area contributed by atoms with Crippen LogP contribution in [-0.4, -0.2) is 166 Å². The molecule has 20 heteroatoms. The zero-order chi connectivity index (χ0) is 56.6. The summed E-state index contributed by atoms with van der Waals surface area (Å²) in [5.74, 6) is -7.71. The van der Waals surface area contributed by atoms with Crippen molar-refractivity contribution in [1.29, 1.82) is 0 Å². The summed E-state index contributed by atoms with van der Waals surface area (Å²) in [6, 6.07) is 0. The number of carbonyl (C=O) groups is 3. The first kappa shape index (κ1) is 67.1. The van der Waals surface area contributed by atoms with E-state index in [0.29, 0.717) is 17.7 Å². The molecule has 0 spiro atoms. The SMILES string of the molecule is C/C1=C/C=C/[C@H](C)[C@H](O)C[C@H](O)[C@@H](C)[C@H](O)CC[C@H](C)[C@H](O)C[C@@]2(O)O[C@@H](C[C@H](O)C[C@H](OC(=O)CC(=O)O)C[C@H](O)C[C@@H](O)/C(C)=C/C=C/[C@@H](C)[C@@H]([C@H](C)CCC/C=C/CCCN=C(N)N)OC1=O)C[C@@H](O)[C@@H]2O.